The lowest BCUT2D eigenvalue weighted by Gasteiger charge is -2.31. The maximum absolute atomic E-state index is 12.9. The van der Waals surface area contributed by atoms with Crippen LogP contribution in [0.25, 0.3) is 0 Å². The van der Waals surface area contributed by atoms with E-state index in [0.717, 1.165) is 5.56 Å². The summed E-state index contributed by atoms with van der Waals surface area (Å²) in [6.45, 7) is 2.54. The summed E-state index contributed by atoms with van der Waals surface area (Å²) in [5, 5.41) is 2.87. The Bertz CT molecular complexity index is 893. The molecular weight excluding hydrogens is 364 g/mol. The fourth-order valence-electron chi connectivity index (χ4n) is 3.15. The number of amides is 1. The summed E-state index contributed by atoms with van der Waals surface area (Å²) in [6, 6.07) is 13.9. The van der Waals surface area contributed by atoms with Gasteiger partial charge in [-0.05, 0) is 56.2 Å². The van der Waals surface area contributed by atoms with E-state index >= 15 is 0 Å². The van der Waals surface area contributed by atoms with Crippen molar-refractivity contribution in [1.29, 1.82) is 0 Å². The van der Waals surface area contributed by atoms with Gasteiger partial charge in [0.15, 0.2) is 0 Å². The van der Waals surface area contributed by atoms with Crippen LogP contribution in [-0.4, -0.2) is 38.8 Å². The van der Waals surface area contributed by atoms with E-state index in [-0.39, 0.29) is 23.3 Å². The lowest BCUT2D eigenvalue weighted by atomic mass is 9.99. The minimum atomic E-state index is -3.59. The Kier molecular flexibility index (Phi) is 5.82. The van der Waals surface area contributed by atoms with Gasteiger partial charge in [-0.15, -0.1) is 0 Å². The number of rotatable bonds is 5. The average Bonchev–Trinajstić information content (AvgIpc) is 2.69. The van der Waals surface area contributed by atoms with Crippen molar-refractivity contribution in [3.63, 3.8) is 0 Å². The van der Waals surface area contributed by atoms with Crippen molar-refractivity contribution in [3.8, 4) is 5.75 Å². The average molecular weight is 388 g/mol. The van der Waals surface area contributed by atoms with E-state index in [4.69, 9.17) is 4.74 Å². The molecule has 1 heterocycles. The number of piperidine rings is 1. The number of anilines is 1. The van der Waals surface area contributed by atoms with Crippen LogP contribution in [0.2, 0.25) is 0 Å². The molecule has 1 unspecified atom stereocenters. The molecule has 0 radical (unpaired) electrons. The van der Waals surface area contributed by atoms with Gasteiger partial charge in [0.25, 0.3) is 0 Å². The smallest absolute Gasteiger partial charge is 0.243 e. The lowest BCUT2D eigenvalue weighted by Crippen LogP contribution is -2.43. The van der Waals surface area contributed by atoms with Gasteiger partial charge >= 0.3 is 0 Å². The predicted octanol–water partition coefficient (Wildman–Crippen LogP) is 3.04. The summed E-state index contributed by atoms with van der Waals surface area (Å²) < 4.78 is 32.3. The van der Waals surface area contributed by atoms with E-state index in [1.807, 2.05) is 6.92 Å². The van der Waals surface area contributed by atoms with Crippen LogP contribution in [0.3, 0.4) is 0 Å². The number of carbonyl (C=O) groups is 1. The van der Waals surface area contributed by atoms with Crippen LogP contribution >= 0.6 is 0 Å². The van der Waals surface area contributed by atoms with Gasteiger partial charge in [0.1, 0.15) is 5.75 Å². The first-order valence-corrected chi connectivity index (χ1v) is 10.4. The molecule has 2 aromatic carbocycles. The van der Waals surface area contributed by atoms with Gasteiger partial charge in [-0.2, -0.15) is 4.31 Å². The zero-order valence-corrected chi connectivity index (χ0v) is 16.3. The standard InChI is InChI=1S/C20H24N2O4S/c1-15-5-11-19(12-6-15)27(24,25)22-13-3-4-16(14-22)20(23)21-17-7-9-18(26-2)10-8-17/h5-12,16H,3-4,13-14H2,1-2H3,(H,21,23). The number of aryl methyl sites for hydroxylation is 1. The Morgan fingerprint density at radius 2 is 1.78 bits per heavy atom. The first kappa shape index (κ1) is 19.4. The first-order valence-electron chi connectivity index (χ1n) is 8.92. The Morgan fingerprint density at radius 1 is 1.11 bits per heavy atom. The van der Waals surface area contributed by atoms with Crippen LogP contribution in [-0.2, 0) is 14.8 Å². The molecule has 0 aliphatic carbocycles. The third-order valence-electron chi connectivity index (χ3n) is 4.77. The Morgan fingerprint density at radius 3 is 2.41 bits per heavy atom. The first-order chi connectivity index (χ1) is 12.9. The minimum absolute atomic E-state index is 0.163. The van der Waals surface area contributed by atoms with Crippen LogP contribution < -0.4 is 10.1 Å². The van der Waals surface area contributed by atoms with Crippen molar-refractivity contribution in [1.82, 2.24) is 4.31 Å². The second kappa shape index (κ2) is 8.10. The SMILES string of the molecule is COc1ccc(NC(=O)C2CCCN(S(=O)(=O)c3ccc(C)cc3)C2)cc1. The molecule has 1 aliphatic rings. The van der Waals surface area contributed by atoms with E-state index in [0.29, 0.717) is 30.8 Å². The highest BCUT2D eigenvalue weighted by atomic mass is 32.2. The minimum Gasteiger partial charge on any atom is -0.497 e. The predicted molar refractivity (Wildman–Crippen MR) is 104 cm³/mol. The summed E-state index contributed by atoms with van der Waals surface area (Å²) in [7, 11) is -2.01. The zero-order chi connectivity index (χ0) is 19.4. The molecule has 27 heavy (non-hydrogen) atoms. The Balaban J connectivity index is 1.69. The number of ether oxygens (including phenoxy) is 1. The molecule has 0 saturated carbocycles. The maximum atomic E-state index is 12.9. The number of methoxy groups -OCH3 is 1. The molecule has 0 bridgehead atoms. The summed E-state index contributed by atoms with van der Waals surface area (Å²) in [5.74, 6) is 0.172. The monoisotopic (exact) mass is 388 g/mol. The van der Waals surface area contributed by atoms with Gasteiger partial charge in [0.05, 0.1) is 17.9 Å². The highest BCUT2D eigenvalue weighted by molar-refractivity contribution is 7.89. The molecule has 1 atom stereocenters. The van der Waals surface area contributed by atoms with Gasteiger partial charge in [-0.1, -0.05) is 17.7 Å². The number of hydrogen-bond acceptors (Lipinski definition) is 4. The van der Waals surface area contributed by atoms with Gasteiger partial charge in [-0.3, -0.25) is 4.79 Å². The van der Waals surface area contributed by atoms with Gasteiger partial charge < -0.3 is 10.1 Å². The largest absolute Gasteiger partial charge is 0.497 e. The second-order valence-corrected chi connectivity index (χ2v) is 8.67. The molecule has 7 heteroatoms. The quantitative estimate of drug-likeness (QED) is 0.854. The number of benzene rings is 2. The van der Waals surface area contributed by atoms with Crippen LogP contribution in [0, 0.1) is 12.8 Å². The third-order valence-corrected chi connectivity index (χ3v) is 6.65. The molecule has 2 aromatic rings. The zero-order valence-electron chi connectivity index (χ0n) is 15.5. The van der Waals surface area contributed by atoms with E-state index in [9.17, 15) is 13.2 Å². The van der Waals surface area contributed by atoms with Crippen molar-refractivity contribution in [2.75, 3.05) is 25.5 Å². The molecule has 1 saturated heterocycles. The number of hydrogen-bond donors (Lipinski definition) is 1. The number of carbonyl (C=O) groups excluding carboxylic acids is 1. The highest BCUT2D eigenvalue weighted by Crippen LogP contribution is 2.25. The van der Waals surface area contributed by atoms with Crippen LogP contribution in [0.4, 0.5) is 5.69 Å². The second-order valence-electron chi connectivity index (χ2n) is 6.73. The normalized spacial score (nSPS) is 18.1. The lowest BCUT2D eigenvalue weighted by molar-refractivity contribution is -0.120. The van der Waals surface area contributed by atoms with Crippen LogP contribution in [0.15, 0.2) is 53.4 Å². The summed E-state index contributed by atoms with van der Waals surface area (Å²) in [6.07, 6.45) is 1.33. The van der Waals surface area contributed by atoms with E-state index < -0.39 is 10.0 Å². The number of nitrogens with zero attached hydrogens (tertiary/aromatic N) is 1. The number of sulfonamides is 1. The van der Waals surface area contributed by atoms with Gasteiger partial charge in [-0.25, -0.2) is 8.42 Å². The van der Waals surface area contributed by atoms with Crippen LogP contribution in [0.1, 0.15) is 18.4 Å². The topological polar surface area (TPSA) is 75.7 Å². The Hall–Kier alpha value is -2.38. The van der Waals surface area contributed by atoms with E-state index in [2.05, 4.69) is 5.32 Å². The van der Waals surface area contributed by atoms with Crippen molar-refractivity contribution >= 4 is 21.6 Å². The van der Waals surface area contributed by atoms with E-state index in [1.165, 1.54) is 4.31 Å². The molecule has 1 amide bonds. The molecule has 1 aliphatic heterocycles. The number of nitrogens with one attached hydrogen (secondary N) is 1. The summed E-state index contributed by atoms with van der Waals surface area (Å²) >= 11 is 0. The molecule has 0 aromatic heterocycles. The molecule has 1 N–H and O–H groups in total. The molecular formula is C20H24N2O4S. The molecule has 144 valence electrons. The Labute approximate surface area is 160 Å². The highest BCUT2D eigenvalue weighted by Gasteiger charge is 2.33. The van der Waals surface area contributed by atoms with Gasteiger partial charge in [0, 0.05) is 18.8 Å². The third kappa shape index (κ3) is 4.48. The summed E-state index contributed by atoms with van der Waals surface area (Å²) in [5.41, 5.74) is 1.67. The van der Waals surface area contributed by atoms with Crippen molar-refractivity contribution in [3.05, 3.63) is 54.1 Å². The van der Waals surface area contributed by atoms with Crippen molar-refractivity contribution in [2.45, 2.75) is 24.7 Å². The molecule has 1 fully saturated rings. The fraction of sp³-hybridized carbons (Fsp3) is 0.350. The van der Waals surface area contributed by atoms with Crippen LogP contribution in [0.5, 0.6) is 5.75 Å². The molecule has 6 nitrogen and oxygen atoms in total. The summed E-state index contributed by atoms with van der Waals surface area (Å²) in [4.78, 5) is 12.9. The van der Waals surface area contributed by atoms with E-state index in [1.54, 1.807) is 55.6 Å². The fourth-order valence-corrected chi connectivity index (χ4v) is 4.68. The molecule has 3 rings (SSSR count). The molecule has 0 spiro atoms. The van der Waals surface area contributed by atoms with Crippen molar-refractivity contribution < 1.29 is 17.9 Å². The van der Waals surface area contributed by atoms with Crippen molar-refractivity contribution in [2.24, 2.45) is 5.92 Å². The maximum Gasteiger partial charge on any atom is 0.243 e. The van der Waals surface area contributed by atoms with Gasteiger partial charge in [0.2, 0.25) is 15.9 Å².